The van der Waals surface area contributed by atoms with Crippen molar-refractivity contribution in [3.8, 4) is 0 Å². The normalized spacial score (nSPS) is 18.1. The van der Waals surface area contributed by atoms with Crippen LogP contribution in [0.5, 0.6) is 0 Å². The Morgan fingerprint density at radius 2 is 2.08 bits per heavy atom. The highest BCUT2D eigenvalue weighted by Crippen LogP contribution is 2.41. The van der Waals surface area contributed by atoms with Crippen LogP contribution in [0.15, 0.2) is 51.7 Å². The summed E-state index contributed by atoms with van der Waals surface area (Å²) in [6.07, 6.45) is 14.9. The third kappa shape index (κ3) is 5.35. The van der Waals surface area contributed by atoms with Gasteiger partial charge in [-0.05, 0) is 68.7 Å². The van der Waals surface area contributed by atoms with Crippen molar-refractivity contribution in [2.24, 2.45) is 5.41 Å². The fourth-order valence-electron chi connectivity index (χ4n) is 3.41. The molecule has 0 amide bonds. The smallest absolute Gasteiger partial charge is 0.330 e. The van der Waals surface area contributed by atoms with Crippen LogP contribution < -0.4 is 0 Å². The zero-order valence-electron chi connectivity index (χ0n) is 16.6. The van der Waals surface area contributed by atoms with Gasteiger partial charge in [0.2, 0.25) is 0 Å². The summed E-state index contributed by atoms with van der Waals surface area (Å²) in [6.45, 7) is 10.9. The van der Waals surface area contributed by atoms with Crippen LogP contribution >= 0.6 is 0 Å². The third-order valence-corrected chi connectivity index (χ3v) is 4.83. The molecule has 0 aromatic carbocycles. The van der Waals surface area contributed by atoms with Crippen LogP contribution in [-0.2, 0) is 9.53 Å². The first-order valence-electron chi connectivity index (χ1n) is 9.32. The monoisotopic (exact) mass is 354 g/mol. The molecule has 0 saturated carbocycles. The van der Waals surface area contributed by atoms with Crippen LogP contribution in [0.2, 0.25) is 0 Å². The van der Waals surface area contributed by atoms with E-state index in [4.69, 9.17) is 9.15 Å². The van der Waals surface area contributed by atoms with E-state index in [2.05, 4.69) is 32.9 Å². The Labute approximate surface area is 157 Å². The van der Waals surface area contributed by atoms with Gasteiger partial charge in [0.15, 0.2) is 0 Å². The molecule has 1 aromatic rings. The summed E-state index contributed by atoms with van der Waals surface area (Å²) < 4.78 is 10.6. The molecule has 3 heteroatoms. The van der Waals surface area contributed by atoms with Crippen LogP contribution in [0.25, 0.3) is 12.2 Å². The molecule has 0 bridgehead atoms. The van der Waals surface area contributed by atoms with Crippen molar-refractivity contribution in [3.63, 3.8) is 0 Å². The number of hydrogen-bond donors (Lipinski definition) is 0. The van der Waals surface area contributed by atoms with Crippen LogP contribution in [0.3, 0.4) is 0 Å². The van der Waals surface area contributed by atoms with Crippen molar-refractivity contribution >= 4 is 18.1 Å². The first kappa shape index (κ1) is 20.0. The van der Waals surface area contributed by atoms with Crippen LogP contribution in [0.4, 0.5) is 0 Å². The van der Waals surface area contributed by atoms with Crippen LogP contribution in [0, 0.1) is 5.41 Å². The molecule has 0 atom stereocenters. The summed E-state index contributed by atoms with van der Waals surface area (Å²) in [4.78, 5) is 11.5. The lowest BCUT2D eigenvalue weighted by molar-refractivity contribution is -0.137. The second-order valence-electron chi connectivity index (χ2n) is 7.48. The molecule has 26 heavy (non-hydrogen) atoms. The summed E-state index contributed by atoms with van der Waals surface area (Å²) in [6, 6.07) is 1.93. The van der Waals surface area contributed by atoms with E-state index in [1.54, 1.807) is 13.2 Å². The van der Waals surface area contributed by atoms with Gasteiger partial charge in [-0.2, -0.15) is 0 Å². The lowest BCUT2D eigenvalue weighted by Crippen LogP contribution is -2.18. The van der Waals surface area contributed by atoms with Crippen molar-refractivity contribution in [2.45, 2.75) is 53.9 Å². The van der Waals surface area contributed by atoms with E-state index >= 15 is 0 Å². The highest BCUT2D eigenvalue weighted by Gasteiger charge is 2.26. The number of rotatable bonds is 6. The van der Waals surface area contributed by atoms with Gasteiger partial charge in [-0.25, -0.2) is 4.79 Å². The Kier molecular flexibility index (Phi) is 6.84. The van der Waals surface area contributed by atoms with Crippen molar-refractivity contribution in [1.29, 1.82) is 0 Å². The first-order valence-corrected chi connectivity index (χ1v) is 9.32. The summed E-state index contributed by atoms with van der Waals surface area (Å²) in [5.74, 6) is 0.510. The van der Waals surface area contributed by atoms with Gasteiger partial charge in [0.05, 0.1) is 12.9 Å². The topological polar surface area (TPSA) is 39.4 Å². The molecule has 0 saturated heterocycles. The number of hydrogen-bond acceptors (Lipinski definition) is 3. The Balaban J connectivity index is 2.16. The summed E-state index contributed by atoms with van der Waals surface area (Å²) in [5.41, 5.74) is 4.92. The molecule has 0 radical (unpaired) electrons. The molecular formula is C23H30O3. The molecule has 1 aliphatic rings. The Bertz CT molecular complexity index is 754. The predicted molar refractivity (Wildman–Crippen MR) is 107 cm³/mol. The quantitative estimate of drug-likeness (QED) is 0.340. The molecule has 1 heterocycles. The average molecular weight is 354 g/mol. The second-order valence-corrected chi connectivity index (χ2v) is 7.48. The van der Waals surface area contributed by atoms with Gasteiger partial charge >= 0.3 is 5.97 Å². The van der Waals surface area contributed by atoms with Crippen molar-refractivity contribution in [3.05, 3.63) is 58.6 Å². The zero-order chi connectivity index (χ0) is 19.2. The van der Waals surface area contributed by atoms with Crippen LogP contribution in [0.1, 0.15) is 65.2 Å². The van der Waals surface area contributed by atoms with E-state index < -0.39 is 0 Å². The molecule has 1 aliphatic carbocycles. The molecule has 1 aromatic heterocycles. The fourth-order valence-corrected chi connectivity index (χ4v) is 3.41. The molecule has 0 spiro atoms. The SMILES string of the molecule is CCOC(=O)/C=C(C)/C=C/c1ccoc1/C=C/C1=C(C)CCCC1(C)C. The standard InChI is InChI=1S/C23H30O3/c1-6-25-22(24)16-17(2)9-10-19-13-15-26-21(19)12-11-20-18(3)8-7-14-23(20,4)5/h9-13,15-16H,6-8,14H2,1-5H3/b10-9+,12-11+,17-16+. The second kappa shape index (κ2) is 8.88. The number of furan rings is 1. The third-order valence-electron chi connectivity index (χ3n) is 4.83. The lowest BCUT2D eigenvalue weighted by atomic mass is 9.72. The van der Waals surface area contributed by atoms with Gasteiger partial charge in [0, 0.05) is 11.6 Å². The molecular weight excluding hydrogens is 324 g/mol. The molecule has 3 nitrogen and oxygen atoms in total. The Morgan fingerprint density at radius 1 is 1.31 bits per heavy atom. The van der Waals surface area contributed by atoms with Gasteiger partial charge in [-0.15, -0.1) is 0 Å². The molecule has 140 valence electrons. The maximum atomic E-state index is 11.5. The average Bonchev–Trinajstić information content (AvgIpc) is 2.99. The largest absolute Gasteiger partial charge is 0.464 e. The van der Waals surface area contributed by atoms with E-state index in [-0.39, 0.29) is 11.4 Å². The van der Waals surface area contributed by atoms with Gasteiger partial charge in [0.1, 0.15) is 5.76 Å². The molecule has 0 fully saturated rings. The highest BCUT2D eigenvalue weighted by molar-refractivity contribution is 5.83. The number of ether oxygens (including phenoxy) is 1. The Morgan fingerprint density at radius 3 is 2.77 bits per heavy atom. The maximum Gasteiger partial charge on any atom is 0.330 e. The van der Waals surface area contributed by atoms with E-state index in [0.717, 1.165) is 16.9 Å². The first-order chi connectivity index (χ1) is 12.3. The fraction of sp³-hybridized carbons (Fsp3) is 0.435. The summed E-state index contributed by atoms with van der Waals surface area (Å²) in [7, 11) is 0. The zero-order valence-corrected chi connectivity index (χ0v) is 16.6. The number of carbonyl (C=O) groups is 1. The van der Waals surface area contributed by atoms with Gasteiger partial charge in [0.25, 0.3) is 0 Å². The van der Waals surface area contributed by atoms with Crippen molar-refractivity contribution in [1.82, 2.24) is 0 Å². The summed E-state index contributed by atoms with van der Waals surface area (Å²) in [5, 5.41) is 0. The van der Waals surface area contributed by atoms with E-state index in [9.17, 15) is 4.79 Å². The van der Waals surface area contributed by atoms with Crippen LogP contribution in [-0.4, -0.2) is 12.6 Å². The number of esters is 1. The van der Waals surface area contributed by atoms with E-state index in [0.29, 0.717) is 6.61 Å². The lowest BCUT2D eigenvalue weighted by Gasteiger charge is -2.32. The van der Waals surface area contributed by atoms with E-state index in [1.807, 2.05) is 25.1 Å². The van der Waals surface area contributed by atoms with Gasteiger partial charge in [-0.3, -0.25) is 0 Å². The number of allylic oxidation sites excluding steroid dienone is 5. The summed E-state index contributed by atoms with van der Waals surface area (Å²) >= 11 is 0. The highest BCUT2D eigenvalue weighted by atomic mass is 16.5. The Hall–Kier alpha value is -2.29. The minimum absolute atomic E-state index is 0.209. The number of carbonyl (C=O) groups excluding carboxylic acids is 1. The molecule has 0 unspecified atom stereocenters. The van der Waals surface area contributed by atoms with Crippen molar-refractivity contribution in [2.75, 3.05) is 6.61 Å². The molecule has 2 rings (SSSR count). The minimum Gasteiger partial charge on any atom is -0.464 e. The van der Waals surface area contributed by atoms with Gasteiger partial charge in [-0.1, -0.05) is 37.6 Å². The van der Waals surface area contributed by atoms with Crippen molar-refractivity contribution < 1.29 is 13.9 Å². The minimum atomic E-state index is -0.316. The predicted octanol–water partition coefficient (Wildman–Crippen LogP) is 6.34. The maximum absolute atomic E-state index is 11.5. The van der Waals surface area contributed by atoms with E-state index in [1.165, 1.54) is 36.5 Å². The van der Waals surface area contributed by atoms with Gasteiger partial charge < -0.3 is 9.15 Å². The molecule has 0 aliphatic heterocycles. The molecule has 0 N–H and O–H groups in total.